The molecule has 0 aliphatic heterocycles. The van der Waals surface area contributed by atoms with Gasteiger partial charge >= 0.3 is 0 Å². The Balaban J connectivity index is 2.33. The summed E-state index contributed by atoms with van der Waals surface area (Å²) in [4.78, 5) is 11.0. The zero-order valence-electron chi connectivity index (χ0n) is 9.75. The van der Waals surface area contributed by atoms with Crippen molar-refractivity contribution in [1.29, 1.82) is 0 Å². The lowest BCUT2D eigenvalue weighted by Crippen LogP contribution is -2.07. The number of nitrogens with zero attached hydrogens (tertiary/aromatic N) is 4. The highest BCUT2D eigenvalue weighted by atomic mass is 16.6. The molecule has 2 rings (SSSR count). The van der Waals surface area contributed by atoms with Crippen molar-refractivity contribution >= 4 is 17.1 Å². The van der Waals surface area contributed by atoms with Gasteiger partial charge in [0.05, 0.1) is 16.7 Å². The van der Waals surface area contributed by atoms with E-state index in [9.17, 15) is 10.1 Å². The van der Waals surface area contributed by atoms with E-state index >= 15 is 0 Å². The third kappa shape index (κ3) is 2.65. The molecule has 0 heterocycles. The Hall–Kier alpha value is -2.96. The summed E-state index contributed by atoms with van der Waals surface area (Å²) in [7, 11) is 0. The lowest BCUT2D eigenvalue weighted by molar-refractivity contribution is -0.473. The third-order valence-corrected chi connectivity index (χ3v) is 2.48. The fraction of sp³-hybridized carbons (Fsp3) is 0. The highest BCUT2D eigenvalue weighted by Crippen LogP contribution is 2.27. The fourth-order valence-electron chi connectivity index (χ4n) is 1.59. The summed E-state index contributed by atoms with van der Waals surface area (Å²) in [5.74, 6) is 0. The van der Waals surface area contributed by atoms with Crippen molar-refractivity contribution in [3.8, 4) is 0 Å². The maximum atomic E-state index is 11.0. The van der Waals surface area contributed by atoms with Crippen molar-refractivity contribution in [3.05, 3.63) is 64.7 Å². The highest BCUT2D eigenvalue weighted by Gasteiger charge is 2.11. The van der Waals surface area contributed by atoms with Crippen LogP contribution in [0.4, 0.5) is 17.1 Å². The van der Waals surface area contributed by atoms with Gasteiger partial charge in [-0.3, -0.25) is 0 Å². The average molecular weight is 258 g/mol. The van der Waals surface area contributed by atoms with Crippen molar-refractivity contribution in [1.82, 2.24) is 0 Å². The molecule has 0 unspecified atom stereocenters. The van der Waals surface area contributed by atoms with Gasteiger partial charge in [-0.05, 0) is 29.1 Å². The van der Waals surface area contributed by atoms with Crippen LogP contribution in [0, 0.1) is 10.1 Å². The molecule has 1 N–H and O–H groups in total. The van der Waals surface area contributed by atoms with Gasteiger partial charge in [-0.2, -0.15) is 5.01 Å². The van der Waals surface area contributed by atoms with Crippen LogP contribution in [0.5, 0.6) is 0 Å². The minimum Gasteiger partial charge on any atom is -0.592 e. The SMILES string of the molecule is O=NN(c1ccccc1)c1ccc([N+]([O-])=NO)cc1. The van der Waals surface area contributed by atoms with Crippen LogP contribution in [0.25, 0.3) is 0 Å². The maximum Gasteiger partial charge on any atom is 0.248 e. The van der Waals surface area contributed by atoms with Crippen molar-refractivity contribution in [2.45, 2.75) is 0 Å². The molecule has 0 bridgehead atoms. The first-order chi connectivity index (χ1) is 9.26. The summed E-state index contributed by atoms with van der Waals surface area (Å²) in [5.41, 5.74) is 1.25. The lowest BCUT2D eigenvalue weighted by atomic mass is 10.2. The highest BCUT2D eigenvalue weighted by molar-refractivity contribution is 5.63. The molecule has 0 aliphatic carbocycles. The predicted molar refractivity (Wildman–Crippen MR) is 68.3 cm³/mol. The van der Waals surface area contributed by atoms with Crippen LogP contribution in [0.15, 0.2) is 65.2 Å². The van der Waals surface area contributed by atoms with E-state index in [0.717, 1.165) is 0 Å². The molecule has 0 saturated carbocycles. The topological polar surface area (TPSA) is 91.3 Å². The van der Waals surface area contributed by atoms with Crippen LogP contribution in [-0.4, -0.2) is 10.1 Å². The lowest BCUT2D eigenvalue weighted by Gasteiger charge is -2.14. The van der Waals surface area contributed by atoms with Crippen LogP contribution in [0.2, 0.25) is 0 Å². The monoisotopic (exact) mass is 258 g/mol. The zero-order chi connectivity index (χ0) is 13.7. The second-order valence-electron chi connectivity index (χ2n) is 3.61. The minimum absolute atomic E-state index is 0.0605. The second kappa shape index (κ2) is 5.58. The smallest absolute Gasteiger partial charge is 0.248 e. The summed E-state index contributed by atoms with van der Waals surface area (Å²) >= 11 is 0. The van der Waals surface area contributed by atoms with E-state index in [2.05, 4.69) is 10.6 Å². The Morgan fingerprint density at radius 3 is 2.11 bits per heavy atom. The molecule has 2 aromatic rings. The molecule has 0 saturated heterocycles. The molecule has 0 aliphatic rings. The predicted octanol–water partition coefficient (Wildman–Crippen LogP) is 3.49. The summed E-state index contributed by atoms with van der Waals surface area (Å²) in [6.07, 6.45) is 0. The molecular weight excluding hydrogens is 248 g/mol. The normalized spacial score (nSPS) is 11.1. The Morgan fingerprint density at radius 2 is 1.58 bits per heavy atom. The molecule has 19 heavy (non-hydrogen) atoms. The summed E-state index contributed by atoms with van der Waals surface area (Å²) in [6, 6.07) is 14.8. The van der Waals surface area contributed by atoms with Gasteiger partial charge in [-0.25, -0.2) is 0 Å². The number of hydrogen-bond acceptors (Lipinski definition) is 4. The number of rotatable bonds is 4. The van der Waals surface area contributed by atoms with Gasteiger partial charge in [0.25, 0.3) is 0 Å². The molecule has 0 spiro atoms. The van der Waals surface area contributed by atoms with Gasteiger partial charge in [0.1, 0.15) is 0 Å². The van der Waals surface area contributed by atoms with Crippen molar-refractivity contribution in [2.75, 3.05) is 5.01 Å². The molecular formula is C12H10N4O3. The summed E-state index contributed by atoms with van der Waals surface area (Å²) < 4.78 is 0. The van der Waals surface area contributed by atoms with Crippen molar-refractivity contribution in [3.63, 3.8) is 0 Å². The largest absolute Gasteiger partial charge is 0.592 e. The van der Waals surface area contributed by atoms with Gasteiger partial charge in [-0.1, -0.05) is 18.2 Å². The second-order valence-corrected chi connectivity index (χ2v) is 3.61. The van der Waals surface area contributed by atoms with E-state index in [1.54, 1.807) is 24.3 Å². The van der Waals surface area contributed by atoms with E-state index in [0.29, 0.717) is 11.4 Å². The number of benzene rings is 2. The quantitative estimate of drug-likeness (QED) is 0.393. The number of anilines is 2. The van der Waals surface area contributed by atoms with E-state index in [-0.39, 0.29) is 10.5 Å². The molecule has 96 valence electrons. The molecule has 2 aromatic carbocycles. The number of hydrogen-bond donors (Lipinski definition) is 1. The molecule has 7 nitrogen and oxygen atoms in total. The van der Waals surface area contributed by atoms with E-state index in [1.165, 1.54) is 29.3 Å². The van der Waals surface area contributed by atoms with Gasteiger partial charge in [0.15, 0.2) is 0 Å². The van der Waals surface area contributed by atoms with Crippen LogP contribution in [-0.2, 0) is 0 Å². The minimum atomic E-state index is 0.0605. The first-order valence-electron chi connectivity index (χ1n) is 5.37. The molecule has 0 atom stereocenters. The first kappa shape index (κ1) is 12.5. The molecule has 7 heteroatoms. The van der Waals surface area contributed by atoms with E-state index < -0.39 is 0 Å². The molecule has 0 fully saturated rings. The standard InChI is InChI=1S/C12H10N4O3/c17-13-15(10-4-2-1-3-5-10)11-6-8-12(9-7-11)16(19)14-18/h1-9,18H. The van der Waals surface area contributed by atoms with Gasteiger partial charge in [-0.15, -0.1) is 4.91 Å². The zero-order valence-corrected chi connectivity index (χ0v) is 9.75. The van der Waals surface area contributed by atoms with Crippen LogP contribution in [0.1, 0.15) is 0 Å². The van der Waals surface area contributed by atoms with E-state index in [4.69, 9.17) is 5.21 Å². The Bertz CT molecular complexity index is 584. The summed E-state index contributed by atoms with van der Waals surface area (Å²) in [5, 5.41) is 26.0. The number of para-hydroxylation sites is 1. The Kier molecular flexibility index (Phi) is 3.67. The van der Waals surface area contributed by atoms with E-state index in [1.807, 2.05) is 6.07 Å². The van der Waals surface area contributed by atoms with Crippen LogP contribution < -0.4 is 5.01 Å². The Labute approximate surface area is 108 Å². The van der Waals surface area contributed by atoms with Gasteiger partial charge in [0, 0.05) is 12.1 Å². The molecule has 0 amide bonds. The Morgan fingerprint density at radius 1 is 1.00 bits per heavy atom. The average Bonchev–Trinajstić information content (AvgIpc) is 2.49. The first-order valence-corrected chi connectivity index (χ1v) is 5.37. The maximum absolute atomic E-state index is 11.0. The van der Waals surface area contributed by atoms with Crippen molar-refractivity contribution in [2.24, 2.45) is 10.6 Å². The van der Waals surface area contributed by atoms with Gasteiger partial charge < -0.3 is 10.4 Å². The molecule has 0 aromatic heterocycles. The number of nitroso groups, excluding NO2 is 1. The van der Waals surface area contributed by atoms with Crippen LogP contribution >= 0.6 is 0 Å². The molecule has 0 radical (unpaired) electrons. The third-order valence-electron chi connectivity index (χ3n) is 2.48. The summed E-state index contributed by atoms with van der Waals surface area (Å²) in [6.45, 7) is 0. The fourth-order valence-corrected chi connectivity index (χ4v) is 1.59. The van der Waals surface area contributed by atoms with Gasteiger partial charge in [0.2, 0.25) is 11.0 Å². The van der Waals surface area contributed by atoms with Crippen molar-refractivity contribution < 1.29 is 10.1 Å². The van der Waals surface area contributed by atoms with Crippen LogP contribution in [0.3, 0.4) is 0 Å².